The Hall–Kier alpha value is -0.190. The molecule has 3 nitrogen and oxygen atoms in total. The minimum absolute atomic E-state index is 0.180. The van der Waals surface area contributed by atoms with E-state index in [1.54, 1.807) is 0 Å². The van der Waals surface area contributed by atoms with E-state index < -0.39 is 0 Å². The standard InChI is InChI=1S/C17H32N2OS/c1-14(2)13-19(10-6-16(18)21)15-7-11-20-17(12-15)8-4-3-5-9-17/h14-15H,3-13H2,1-2H3,(H2,18,21). The summed E-state index contributed by atoms with van der Waals surface area (Å²) in [5.41, 5.74) is 5.90. The van der Waals surface area contributed by atoms with Crippen molar-refractivity contribution in [3.8, 4) is 0 Å². The molecule has 1 atom stereocenters. The number of thiocarbonyl (C=S) groups is 1. The highest BCUT2D eigenvalue weighted by Gasteiger charge is 2.40. The largest absolute Gasteiger partial charge is 0.393 e. The van der Waals surface area contributed by atoms with Crippen LogP contribution in [0.3, 0.4) is 0 Å². The van der Waals surface area contributed by atoms with E-state index in [0.717, 1.165) is 32.5 Å². The smallest absolute Gasteiger partial charge is 0.0740 e. The highest BCUT2D eigenvalue weighted by atomic mass is 32.1. The van der Waals surface area contributed by atoms with E-state index in [2.05, 4.69) is 18.7 Å². The van der Waals surface area contributed by atoms with Crippen molar-refractivity contribution >= 4 is 17.2 Å². The molecule has 1 saturated carbocycles. The zero-order chi connectivity index (χ0) is 15.3. The van der Waals surface area contributed by atoms with Crippen LogP contribution in [-0.4, -0.2) is 41.2 Å². The Balaban J connectivity index is 1.98. The second kappa shape index (κ2) is 7.89. The van der Waals surface area contributed by atoms with Gasteiger partial charge in [-0.2, -0.15) is 0 Å². The molecule has 0 aromatic carbocycles. The molecule has 21 heavy (non-hydrogen) atoms. The van der Waals surface area contributed by atoms with Crippen LogP contribution in [0.2, 0.25) is 0 Å². The maximum absolute atomic E-state index is 6.24. The molecular formula is C17H32N2OS. The molecule has 4 heteroatoms. The molecule has 1 heterocycles. The van der Waals surface area contributed by atoms with Crippen LogP contribution in [0.1, 0.15) is 65.2 Å². The van der Waals surface area contributed by atoms with Crippen molar-refractivity contribution < 1.29 is 4.74 Å². The minimum atomic E-state index is 0.180. The van der Waals surface area contributed by atoms with Gasteiger partial charge in [0.05, 0.1) is 10.6 Å². The molecular weight excluding hydrogens is 280 g/mol. The van der Waals surface area contributed by atoms with Gasteiger partial charge in [-0.3, -0.25) is 4.90 Å². The fraction of sp³-hybridized carbons (Fsp3) is 0.941. The third-order valence-corrected chi connectivity index (χ3v) is 5.20. The summed E-state index contributed by atoms with van der Waals surface area (Å²) < 4.78 is 6.24. The Morgan fingerprint density at radius 1 is 1.33 bits per heavy atom. The maximum Gasteiger partial charge on any atom is 0.0740 e. The molecule has 0 amide bonds. The number of nitrogens with two attached hydrogens (primary N) is 1. The molecule has 0 aromatic heterocycles. The molecule has 2 N–H and O–H groups in total. The fourth-order valence-electron chi connectivity index (χ4n) is 4.00. The van der Waals surface area contributed by atoms with Gasteiger partial charge in [0.15, 0.2) is 0 Å². The van der Waals surface area contributed by atoms with Crippen LogP contribution in [0.25, 0.3) is 0 Å². The first-order valence-electron chi connectivity index (χ1n) is 8.67. The lowest BCUT2D eigenvalue weighted by atomic mass is 9.78. The van der Waals surface area contributed by atoms with Gasteiger partial charge in [-0.1, -0.05) is 45.3 Å². The van der Waals surface area contributed by atoms with Crippen molar-refractivity contribution in [2.45, 2.75) is 76.9 Å². The van der Waals surface area contributed by atoms with Crippen molar-refractivity contribution in [2.24, 2.45) is 11.7 Å². The summed E-state index contributed by atoms with van der Waals surface area (Å²) >= 11 is 5.07. The van der Waals surface area contributed by atoms with E-state index in [0.29, 0.717) is 16.9 Å². The van der Waals surface area contributed by atoms with Crippen LogP contribution in [0.4, 0.5) is 0 Å². The number of hydrogen-bond acceptors (Lipinski definition) is 3. The number of rotatable bonds is 6. The molecule has 1 aliphatic carbocycles. The van der Waals surface area contributed by atoms with Gasteiger partial charge < -0.3 is 10.5 Å². The Morgan fingerprint density at radius 2 is 2.05 bits per heavy atom. The lowest BCUT2D eigenvalue weighted by Crippen LogP contribution is -2.50. The summed E-state index contributed by atoms with van der Waals surface area (Å²) in [6.45, 7) is 7.66. The molecule has 2 aliphatic rings. The van der Waals surface area contributed by atoms with Crippen LogP contribution >= 0.6 is 12.2 Å². The van der Waals surface area contributed by atoms with Crippen LogP contribution in [0.15, 0.2) is 0 Å². The predicted octanol–water partition coefficient (Wildman–Crippen LogP) is 3.50. The molecule has 1 aliphatic heterocycles. The number of nitrogens with zero attached hydrogens (tertiary/aromatic N) is 1. The van der Waals surface area contributed by atoms with Crippen molar-refractivity contribution in [1.29, 1.82) is 0 Å². The zero-order valence-electron chi connectivity index (χ0n) is 13.8. The molecule has 0 aromatic rings. The van der Waals surface area contributed by atoms with Crippen molar-refractivity contribution in [3.05, 3.63) is 0 Å². The highest BCUT2D eigenvalue weighted by molar-refractivity contribution is 7.80. The van der Waals surface area contributed by atoms with E-state index in [9.17, 15) is 0 Å². The first kappa shape index (κ1) is 17.2. The predicted molar refractivity (Wildman–Crippen MR) is 92.6 cm³/mol. The normalized spacial score (nSPS) is 25.6. The number of hydrogen-bond donors (Lipinski definition) is 1. The Labute approximate surface area is 135 Å². The SMILES string of the molecule is CC(C)CN(CCC(N)=S)C1CCOC2(CCCCC2)C1. The molecule has 2 fully saturated rings. The van der Waals surface area contributed by atoms with Crippen LogP contribution in [-0.2, 0) is 4.74 Å². The van der Waals surface area contributed by atoms with E-state index in [1.807, 2.05) is 0 Å². The van der Waals surface area contributed by atoms with E-state index in [-0.39, 0.29) is 5.60 Å². The van der Waals surface area contributed by atoms with E-state index in [1.165, 1.54) is 38.5 Å². The van der Waals surface area contributed by atoms with Gasteiger partial charge in [-0.05, 0) is 31.6 Å². The summed E-state index contributed by atoms with van der Waals surface area (Å²) in [6.07, 6.45) is 9.78. The van der Waals surface area contributed by atoms with E-state index >= 15 is 0 Å². The lowest BCUT2D eigenvalue weighted by molar-refractivity contribution is -0.124. The maximum atomic E-state index is 6.24. The van der Waals surface area contributed by atoms with E-state index in [4.69, 9.17) is 22.7 Å². The molecule has 1 unspecified atom stereocenters. The monoisotopic (exact) mass is 312 g/mol. The molecule has 0 radical (unpaired) electrons. The van der Waals surface area contributed by atoms with Crippen molar-refractivity contribution in [1.82, 2.24) is 4.90 Å². The third-order valence-electron chi connectivity index (χ3n) is 4.99. The highest BCUT2D eigenvalue weighted by Crippen LogP contribution is 2.39. The summed E-state index contributed by atoms with van der Waals surface area (Å²) in [5.74, 6) is 0.682. The fourth-order valence-corrected chi connectivity index (χ4v) is 4.10. The molecule has 1 spiro atoms. The summed E-state index contributed by atoms with van der Waals surface area (Å²) in [5, 5.41) is 0. The zero-order valence-corrected chi connectivity index (χ0v) is 14.6. The van der Waals surface area contributed by atoms with Gasteiger partial charge in [0.2, 0.25) is 0 Å². The summed E-state index contributed by atoms with van der Waals surface area (Å²) in [7, 11) is 0. The quantitative estimate of drug-likeness (QED) is 0.762. The van der Waals surface area contributed by atoms with Gasteiger partial charge in [0, 0.05) is 32.2 Å². The van der Waals surface area contributed by atoms with Crippen LogP contribution in [0.5, 0.6) is 0 Å². The molecule has 2 rings (SSSR count). The lowest BCUT2D eigenvalue weighted by Gasteiger charge is -2.47. The number of ether oxygens (including phenoxy) is 1. The topological polar surface area (TPSA) is 38.5 Å². The molecule has 1 saturated heterocycles. The Kier molecular flexibility index (Phi) is 6.45. The average Bonchev–Trinajstić information content (AvgIpc) is 2.44. The second-order valence-corrected chi connectivity index (χ2v) is 7.87. The average molecular weight is 313 g/mol. The second-order valence-electron chi connectivity index (χ2n) is 7.34. The summed E-state index contributed by atoms with van der Waals surface area (Å²) in [4.78, 5) is 3.27. The first-order chi connectivity index (χ1) is 10.0. The van der Waals surface area contributed by atoms with Gasteiger partial charge in [-0.25, -0.2) is 0 Å². The van der Waals surface area contributed by atoms with Gasteiger partial charge in [0.1, 0.15) is 0 Å². The minimum Gasteiger partial charge on any atom is -0.393 e. The van der Waals surface area contributed by atoms with Gasteiger partial charge in [-0.15, -0.1) is 0 Å². The van der Waals surface area contributed by atoms with Crippen molar-refractivity contribution in [2.75, 3.05) is 19.7 Å². The van der Waals surface area contributed by atoms with Crippen LogP contribution < -0.4 is 5.73 Å². The first-order valence-corrected chi connectivity index (χ1v) is 9.08. The molecule has 0 bridgehead atoms. The van der Waals surface area contributed by atoms with Crippen LogP contribution in [0, 0.1) is 5.92 Å². The van der Waals surface area contributed by atoms with Crippen molar-refractivity contribution in [3.63, 3.8) is 0 Å². The molecule has 122 valence electrons. The summed E-state index contributed by atoms with van der Waals surface area (Å²) in [6, 6.07) is 0.647. The Morgan fingerprint density at radius 3 is 2.67 bits per heavy atom. The van der Waals surface area contributed by atoms with Gasteiger partial charge >= 0.3 is 0 Å². The Bertz CT molecular complexity index is 334. The van der Waals surface area contributed by atoms with Gasteiger partial charge in [0.25, 0.3) is 0 Å². The third kappa shape index (κ3) is 5.19.